The van der Waals surface area contributed by atoms with E-state index in [0.717, 1.165) is 18.7 Å². The van der Waals surface area contributed by atoms with Crippen LogP contribution in [0.3, 0.4) is 0 Å². The molecule has 0 radical (unpaired) electrons. The van der Waals surface area contributed by atoms with Gasteiger partial charge in [0, 0.05) is 19.4 Å². The maximum absolute atomic E-state index is 11.3. The highest BCUT2D eigenvalue weighted by Crippen LogP contribution is 2.22. The fourth-order valence-corrected chi connectivity index (χ4v) is 2.28. The van der Waals surface area contributed by atoms with Gasteiger partial charge >= 0.3 is 5.97 Å². The number of nitrogens with zero attached hydrogens (tertiary/aromatic N) is 2. The van der Waals surface area contributed by atoms with E-state index in [9.17, 15) is 14.7 Å². The summed E-state index contributed by atoms with van der Waals surface area (Å²) >= 11 is 0. The minimum Gasteiger partial charge on any atom is -0.478 e. The quantitative estimate of drug-likeness (QED) is 0.835. The van der Waals surface area contributed by atoms with Crippen LogP contribution >= 0.6 is 0 Å². The largest absolute Gasteiger partial charge is 0.478 e. The van der Waals surface area contributed by atoms with Crippen LogP contribution in [0, 0.1) is 0 Å². The molecule has 6 nitrogen and oxygen atoms in total. The fraction of sp³-hybridized carbons (Fsp3) is 0.357. The van der Waals surface area contributed by atoms with E-state index in [0.29, 0.717) is 17.6 Å². The van der Waals surface area contributed by atoms with E-state index in [-0.39, 0.29) is 12.0 Å². The molecule has 0 fully saturated rings. The van der Waals surface area contributed by atoms with Gasteiger partial charge in [-0.05, 0) is 18.6 Å². The molecular weight excluding hydrogens is 258 g/mol. The van der Waals surface area contributed by atoms with Crippen LogP contribution in [0.1, 0.15) is 35.9 Å². The Morgan fingerprint density at radius 1 is 1.40 bits per heavy atom. The van der Waals surface area contributed by atoms with Gasteiger partial charge in [-0.3, -0.25) is 4.79 Å². The molecule has 0 saturated carbocycles. The third kappa shape index (κ3) is 2.64. The van der Waals surface area contributed by atoms with Crippen LogP contribution in [0.15, 0.2) is 18.2 Å². The molecule has 0 aliphatic heterocycles. The summed E-state index contributed by atoms with van der Waals surface area (Å²) in [5.74, 6) is -0.626. The van der Waals surface area contributed by atoms with Crippen LogP contribution in [0.4, 0.5) is 0 Å². The zero-order valence-corrected chi connectivity index (χ0v) is 11.3. The van der Waals surface area contributed by atoms with E-state index in [1.807, 2.05) is 6.92 Å². The van der Waals surface area contributed by atoms with Crippen molar-refractivity contribution in [2.45, 2.75) is 32.7 Å². The normalized spacial score (nSPS) is 10.8. The number of imidazole rings is 1. The molecule has 3 N–H and O–H groups in total. The first-order valence-electron chi connectivity index (χ1n) is 6.54. The topological polar surface area (TPSA) is 98.2 Å². The third-order valence-corrected chi connectivity index (χ3v) is 3.13. The molecule has 0 unspecified atom stereocenters. The lowest BCUT2D eigenvalue weighted by Gasteiger charge is -2.08. The second kappa shape index (κ2) is 5.73. The van der Waals surface area contributed by atoms with E-state index >= 15 is 0 Å². The highest BCUT2D eigenvalue weighted by molar-refractivity contribution is 6.01. The molecule has 1 amide bonds. The number of carbonyl (C=O) groups excluding carboxylic acids is 1. The number of aromatic carboxylic acids is 1. The van der Waals surface area contributed by atoms with E-state index in [1.165, 1.54) is 0 Å². The highest BCUT2D eigenvalue weighted by Gasteiger charge is 2.17. The Morgan fingerprint density at radius 3 is 2.75 bits per heavy atom. The van der Waals surface area contributed by atoms with Crippen molar-refractivity contribution in [2.75, 3.05) is 0 Å². The first-order chi connectivity index (χ1) is 9.54. The summed E-state index contributed by atoms with van der Waals surface area (Å²) in [6.45, 7) is 2.38. The van der Waals surface area contributed by atoms with E-state index in [1.54, 1.807) is 22.8 Å². The second-order valence-corrected chi connectivity index (χ2v) is 4.62. The molecular formula is C14H17N3O3. The maximum atomic E-state index is 11.3. The molecule has 0 aliphatic rings. The van der Waals surface area contributed by atoms with Crippen LogP contribution < -0.4 is 5.73 Å². The van der Waals surface area contributed by atoms with Gasteiger partial charge in [-0.15, -0.1) is 0 Å². The Kier molecular flexibility index (Phi) is 4.02. The molecule has 106 valence electrons. The predicted molar refractivity (Wildman–Crippen MR) is 74.5 cm³/mol. The Hall–Kier alpha value is -2.37. The van der Waals surface area contributed by atoms with Crippen molar-refractivity contribution in [2.24, 2.45) is 5.73 Å². The molecule has 0 aliphatic carbocycles. The number of rotatable bonds is 6. The molecule has 1 aromatic heterocycles. The van der Waals surface area contributed by atoms with E-state index in [2.05, 4.69) is 4.98 Å². The van der Waals surface area contributed by atoms with E-state index < -0.39 is 11.9 Å². The van der Waals surface area contributed by atoms with Crippen molar-refractivity contribution in [3.8, 4) is 0 Å². The Morgan fingerprint density at radius 2 is 2.15 bits per heavy atom. The summed E-state index contributed by atoms with van der Waals surface area (Å²) in [6, 6.07) is 5.00. The summed E-state index contributed by atoms with van der Waals surface area (Å²) in [7, 11) is 0. The molecule has 1 aromatic carbocycles. The average molecular weight is 275 g/mol. The molecule has 2 rings (SSSR count). The Balaban J connectivity index is 2.60. The minimum atomic E-state index is -1.00. The molecule has 20 heavy (non-hydrogen) atoms. The number of nitrogens with two attached hydrogens (primary N) is 1. The number of aromatic nitrogens is 2. The number of para-hydroxylation sites is 1. The molecule has 2 aromatic rings. The van der Waals surface area contributed by atoms with Gasteiger partial charge in [0.2, 0.25) is 5.91 Å². The van der Waals surface area contributed by atoms with Gasteiger partial charge in [0.15, 0.2) is 0 Å². The predicted octanol–water partition coefficient (Wildman–Crippen LogP) is 1.56. The first kappa shape index (κ1) is 14.0. The van der Waals surface area contributed by atoms with Crippen molar-refractivity contribution >= 4 is 22.9 Å². The molecule has 0 saturated heterocycles. The van der Waals surface area contributed by atoms with Gasteiger partial charge in [0.05, 0.1) is 16.6 Å². The average Bonchev–Trinajstić information content (AvgIpc) is 2.73. The smallest absolute Gasteiger partial charge is 0.337 e. The van der Waals surface area contributed by atoms with Gasteiger partial charge in [0.25, 0.3) is 0 Å². The monoisotopic (exact) mass is 275 g/mol. The molecule has 6 heteroatoms. The SMILES string of the molecule is CCCc1nc2cccc(C(=O)O)c2n1CCC(N)=O. The van der Waals surface area contributed by atoms with Crippen molar-refractivity contribution in [3.05, 3.63) is 29.6 Å². The Bertz CT molecular complexity index is 661. The number of amides is 1. The number of benzene rings is 1. The lowest BCUT2D eigenvalue weighted by atomic mass is 10.2. The van der Waals surface area contributed by atoms with Crippen LogP contribution in [0.2, 0.25) is 0 Å². The number of hydrogen-bond acceptors (Lipinski definition) is 3. The first-order valence-corrected chi connectivity index (χ1v) is 6.54. The third-order valence-electron chi connectivity index (χ3n) is 3.13. The summed E-state index contributed by atoms with van der Waals surface area (Å²) in [6.07, 6.45) is 1.78. The number of carbonyl (C=O) groups is 2. The molecule has 0 atom stereocenters. The second-order valence-electron chi connectivity index (χ2n) is 4.62. The van der Waals surface area contributed by atoms with Crippen LogP contribution in [-0.4, -0.2) is 26.5 Å². The number of hydrogen-bond donors (Lipinski definition) is 2. The number of carboxylic acids is 1. The summed E-state index contributed by atoms with van der Waals surface area (Å²) in [5.41, 5.74) is 6.58. The number of aryl methyl sites for hydroxylation is 2. The lowest BCUT2D eigenvalue weighted by Crippen LogP contribution is -2.16. The van der Waals surface area contributed by atoms with Gasteiger partial charge in [-0.2, -0.15) is 0 Å². The highest BCUT2D eigenvalue weighted by atomic mass is 16.4. The molecule has 1 heterocycles. The van der Waals surface area contributed by atoms with Crippen molar-refractivity contribution in [1.29, 1.82) is 0 Å². The van der Waals surface area contributed by atoms with Crippen LogP contribution in [0.25, 0.3) is 11.0 Å². The number of primary amides is 1. The molecule has 0 bridgehead atoms. The summed E-state index contributed by atoms with van der Waals surface area (Å²) in [5, 5.41) is 9.29. The zero-order chi connectivity index (χ0) is 14.7. The summed E-state index contributed by atoms with van der Waals surface area (Å²) < 4.78 is 1.80. The van der Waals surface area contributed by atoms with Gasteiger partial charge in [-0.25, -0.2) is 9.78 Å². The minimum absolute atomic E-state index is 0.163. The van der Waals surface area contributed by atoms with Gasteiger partial charge in [0.1, 0.15) is 5.82 Å². The lowest BCUT2D eigenvalue weighted by molar-refractivity contribution is -0.118. The van der Waals surface area contributed by atoms with Crippen molar-refractivity contribution < 1.29 is 14.7 Å². The summed E-state index contributed by atoms with van der Waals surface area (Å²) in [4.78, 5) is 26.8. The van der Waals surface area contributed by atoms with E-state index in [4.69, 9.17) is 5.73 Å². The van der Waals surface area contributed by atoms with Crippen molar-refractivity contribution in [1.82, 2.24) is 9.55 Å². The zero-order valence-electron chi connectivity index (χ0n) is 11.3. The maximum Gasteiger partial charge on any atom is 0.337 e. The number of fused-ring (bicyclic) bond motifs is 1. The van der Waals surface area contributed by atoms with Gasteiger partial charge < -0.3 is 15.4 Å². The fourth-order valence-electron chi connectivity index (χ4n) is 2.28. The van der Waals surface area contributed by atoms with Crippen molar-refractivity contribution in [3.63, 3.8) is 0 Å². The van der Waals surface area contributed by atoms with Gasteiger partial charge in [-0.1, -0.05) is 13.0 Å². The standard InChI is InChI=1S/C14H17N3O3/c1-2-4-12-16-10-6-3-5-9(14(19)20)13(10)17(12)8-7-11(15)18/h3,5-6H,2,4,7-8H2,1H3,(H2,15,18)(H,19,20). The van der Waals surface area contributed by atoms with Crippen LogP contribution in [-0.2, 0) is 17.8 Å². The Labute approximate surface area is 116 Å². The van der Waals surface area contributed by atoms with Crippen LogP contribution in [0.5, 0.6) is 0 Å². The molecule has 0 spiro atoms. The number of carboxylic acid groups (broad SMARTS) is 1.